The van der Waals surface area contributed by atoms with E-state index in [4.69, 9.17) is 9.72 Å². The molecule has 14 heteroatoms. The largest absolute Gasteiger partial charge is 0.493 e. The summed E-state index contributed by atoms with van der Waals surface area (Å²) in [6, 6.07) is 4.67. The van der Waals surface area contributed by atoms with E-state index in [1.165, 1.54) is 22.9 Å². The van der Waals surface area contributed by atoms with Gasteiger partial charge in [-0.15, -0.1) is 10.2 Å². The van der Waals surface area contributed by atoms with Crippen LogP contribution >= 0.6 is 0 Å². The topological polar surface area (TPSA) is 154 Å². The van der Waals surface area contributed by atoms with Crippen molar-refractivity contribution in [3.63, 3.8) is 0 Å². The van der Waals surface area contributed by atoms with Crippen molar-refractivity contribution in [3.8, 4) is 17.1 Å². The number of fused-ring (bicyclic) bond motifs is 3. The Labute approximate surface area is 218 Å². The maximum Gasteiger partial charge on any atom is 0.336 e. The Kier molecular flexibility index (Phi) is 7.24. The maximum absolute atomic E-state index is 13.1. The molecule has 0 spiro atoms. The second-order valence-corrected chi connectivity index (χ2v) is 10.6. The highest BCUT2D eigenvalue weighted by Crippen LogP contribution is 2.32. The van der Waals surface area contributed by atoms with Gasteiger partial charge in [0.1, 0.15) is 23.4 Å². The molecule has 5 aromatic rings. The van der Waals surface area contributed by atoms with Gasteiger partial charge < -0.3 is 14.3 Å². The molecule has 0 fully saturated rings. The summed E-state index contributed by atoms with van der Waals surface area (Å²) in [6.07, 6.45) is 8.66. The summed E-state index contributed by atoms with van der Waals surface area (Å²) >= 11 is 0. The second-order valence-electron chi connectivity index (χ2n) is 8.80. The van der Waals surface area contributed by atoms with Crippen molar-refractivity contribution in [1.29, 1.82) is 0 Å². The Bertz CT molecular complexity index is 1720. The number of benzene rings is 1. The number of hydrogen-bond donors (Lipinski definition) is 2. The first-order valence-corrected chi connectivity index (χ1v) is 14.0. The van der Waals surface area contributed by atoms with Crippen molar-refractivity contribution in [3.05, 3.63) is 53.7 Å². The molecular formula is C24H29N9O4S. The third kappa shape index (κ3) is 4.91. The molecule has 0 aliphatic heterocycles. The molecule has 4 heterocycles. The standard InChI is InChI=1S/C24H29N9O4S/c1-3-10-32-22-20(23-30-26-16-33(23)24(32)34)28-21(29-22)18-14-17(6-7-19(18)37-13-4-2)38(35,36)27-8-5-11-31-12-9-25-15-31/h6-7,9,12,14-16,27H,3-5,8,10-11,13H2,1-2H3,(H,28,29). The Balaban J connectivity index is 1.53. The predicted octanol–water partition coefficient (Wildman–Crippen LogP) is 2.20. The fourth-order valence-electron chi connectivity index (χ4n) is 4.20. The first-order chi connectivity index (χ1) is 18.4. The van der Waals surface area contributed by atoms with E-state index in [2.05, 4.69) is 24.9 Å². The van der Waals surface area contributed by atoms with Crippen molar-refractivity contribution in [2.45, 2.75) is 51.1 Å². The van der Waals surface area contributed by atoms with Crippen LogP contribution in [0.2, 0.25) is 0 Å². The zero-order chi connectivity index (χ0) is 26.7. The molecule has 0 saturated carbocycles. The Morgan fingerprint density at radius 2 is 1.97 bits per heavy atom. The van der Waals surface area contributed by atoms with E-state index >= 15 is 0 Å². The number of rotatable bonds is 12. The molecule has 200 valence electrons. The minimum atomic E-state index is -3.80. The third-order valence-electron chi connectivity index (χ3n) is 6.02. The zero-order valence-corrected chi connectivity index (χ0v) is 22.0. The number of nitrogens with zero attached hydrogens (tertiary/aromatic N) is 7. The van der Waals surface area contributed by atoms with E-state index in [9.17, 15) is 13.2 Å². The Morgan fingerprint density at radius 1 is 1.11 bits per heavy atom. The van der Waals surface area contributed by atoms with Gasteiger partial charge in [-0.1, -0.05) is 13.8 Å². The normalized spacial score (nSPS) is 12.1. The Morgan fingerprint density at radius 3 is 2.74 bits per heavy atom. The molecular weight excluding hydrogens is 510 g/mol. The highest BCUT2D eigenvalue weighted by molar-refractivity contribution is 7.89. The number of aryl methyl sites for hydroxylation is 2. The lowest BCUT2D eigenvalue weighted by Gasteiger charge is -2.12. The predicted molar refractivity (Wildman–Crippen MR) is 140 cm³/mol. The highest BCUT2D eigenvalue weighted by Gasteiger charge is 2.22. The molecule has 1 aromatic carbocycles. The molecule has 0 atom stereocenters. The molecule has 2 N–H and O–H groups in total. The van der Waals surface area contributed by atoms with Crippen LogP contribution in [0, 0.1) is 0 Å². The van der Waals surface area contributed by atoms with Gasteiger partial charge in [0.2, 0.25) is 10.0 Å². The summed E-state index contributed by atoms with van der Waals surface area (Å²) in [7, 11) is -3.80. The molecule has 0 unspecified atom stereocenters. The number of H-pyrrole nitrogens is 1. The second kappa shape index (κ2) is 10.8. The number of ether oxygens (including phenoxy) is 1. The van der Waals surface area contributed by atoms with Crippen molar-refractivity contribution >= 4 is 26.8 Å². The van der Waals surface area contributed by atoms with Crippen LogP contribution in [-0.2, 0) is 23.1 Å². The van der Waals surface area contributed by atoms with Gasteiger partial charge in [-0.2, -0.15) is 0 Å². The quantitative estimate of drug-likeness (QED) is 0.229. The first kappa shape index (κ1) is 25.6. The van der Waals surface area contributed by atoms with Crippen LogP contribution in [0.4, 0.5) is 0 Å². The van der Waals surface area contributed by atoms with Crippen LogP contribution in [0.15, 0.2) is 52.9 Å². The lowest BCUT2D eigenvalue weighted by Crippen LogP contribution is -2.26. The third-order valence-corrected chi connectivity index (χ3v) is 7.48. The van der Waals surface area contributed by atoms with E-state index in [0.29, 0.717) is 60.1 Å². The van der Waals surface area contributed by atoms with Crippen LogP contribution < -0.4 is 15.1 Å². The fraction of sp³-hybridized carbons (Fsp3) is 0.375. The summed E-state index contributed by atoms with van der Waals surface area (Å²) in [5.41, 5.74) is 1.45. The van der Waals surface area contributed by atoms with Crippen molar-refractivity contribution in [2.75, 3.05) is 13.2 Å². The van der Waals surface area contributed by atoms with Gasteiger partial charge in [0.15, 0.2) is 11.3 Å². The first-order valence-electron chi connectivity index (χ1n) is 12.5. The average Bonchev–Trinajstić information content (AvgIpc) is 3.68. The molecule has 0 aliphatic rings. The number of nitrogens with one attached hydrogen (secondary N) is 2. The van der Waals surface area contributed by atoms with E-state index < -0.39 is 10.0 Å². The number of hydrogen-bond acceptors (Lipinski definition) is 8. The van der Waals surface area contributed by atoms with E-state index in [-0.39, 0.29) is 17.1 Å². The van der Waals surface area contributed by atoms with Gasteiger partial charge in [0.25, 0.3) is 0 Å². The molecule has 0 aliphatic carbocycles. The molecule has 4 aromatic heterocycles. The average molecular weight is 540 g/mol. The van der Waals surface area contributed by atoms with Gasteiger partial charge in [-0.05, 0) is 37.5 Å². The van der Waals surface area contributed by atoms with Crippen LogP contribution in [0.1, 0.15) is 33.1 Å². The van der Waals surface area contributed by atoms with Gasteiger partial charge in [-0.25, -0.2) is 32.3 Å². The molecule has 5 rings (SSSR count). The van der Waals surface area contributed by atoms with E-state index in [0.717, 1.165) is 12.8 Å². The zero-order valence-electron chi connectivity index (χ0n) is 21.2. The fourth-order valence-corrected chi connectivity index (χ4v) is 5.30. The summed E-state index contributed by atoms with van der Waals surface area (Å²) in [6.45, 7) is 5.76. The molecule has 0 amide bonds. The lowest BCUT2D eigenvalue weighted by atomic mass is 10.2. The maximum atomic E-state index is 13.1. The molecule has 13 nitrogen and oxygen atoms in total. The van der Waals surface area contributed by atoms with Crippen LogP contribution in [0.3, 0.4) is 0 Å². The highest BCUT2D eigenvalue weighted by atomic mass is 32.2. The molecule has 0 radical (unpaired) electrons. The SMILES string of the molecule is CCCOc1ccc(S(=O)(=O)NCCCn2ccnc2)cc1-c1nc2c([nH]1)c1nncn1c(=O)n2CCC. The number of imidazole rings is 2. The minimum absolute atomic E-state index is 0.0815. The van der Waals surface area contributed by atoms with Crippen molar-refractivity contribution in [2.24, 2.45) is 0 Å². The number of aromatic nitrogens is 8. The Hall–Kier alpha value is -4.04. The van der Waals surface area contributed by atoms with Crippen LogP contribution in [-0.4, -0.2) is 60.3 Å². The van der Waals surface area contributed by atoms with Crippen LogP contribution in [0.5, 0.6) is 5.75 Å². The lowest BCUT2D eigenvalue weighted by molar-refractivity contribution is 0.318. The van der Waals surface area contributed by atoms with Crippen molar-refractivity contribution < 1.29 is 13.2 Å². The van der Waals surface area contributed by atoms with Gasteiger partial charge in [-0.3, -0.25) is 4.57 Å². The summed E-state index contributed by atoms with van der Waals surface area (Å²) in [4.78, 5) is 25.0. The van der Waals surface area contributed by atoms with Crippen LogP contribution in [0.25, 0.3) is 28.2 Å². The summed E-state index contributed by atoms with van der Waals surface area (Å²) < 4.78 is 39.7. The van der Waals surface area contributed by atoms with Gasteiger partial charge >= 0.3 is 5.69 Å². The molecule has 38 heavy (non-hydrogen) atoms. The number of sulfonamides is 1. The van der Waals surface area contributed by atoms with Gasteiger partial charge in [0, 0.05) is 32.0 Å². The van der Waals surface area contributed by atoms with E-state index in [1.807, 2.05) is 24.6 Å². The minimum Gasteiger partial charge on any atom is -0.493 e. The summed E-state index contributed by atoms with van der Waals surface area (Å²) in [5, 5.41) is 7.98. The monoisotopic (exact) mass is 539 g/mol. The molecule has 0 saturated heterocycles. The molecule has 0 bridgehead atoms. The summed E-state index contributed by atoms with van der Waals surface area (Å²) in [5.74, 6) is 0.843. The van der Waals surface area contributed by atoms with Crippen molar-refractivity contribution in [1.82, 2.24) is 43.4 Å². The smallest absolute Gasteiger partial charge is 0.336 e. The number of aromatic amines is 1. The van der Waals surface area contributed by atoms with Gasteiger partial charge in [0.05, 0.1) is 23.4 Å². The van der Waals surface area contributed by atoms with E-state index in [1.54, 1.807) is 23.2 Å².